The third-order valence-corrected chi connectivity index (χ3v) is 3.36. The number of benzene rings is 2. The molecule has 3 rings (SSSR count). The van der Waals surface area contributed by atoms with Gasteiger partial charge < -0.3 is 9.30 Å². The number of ether oxygens (including phenoxy) is 1. The Bertz CT molecular complexity index is 867. The van der Waals surface area contributed by atoms with Crippen LogP contribution in [0.1, 0.15) is 15.9 Å². The SMILES string of the molecule is Cn1cnc2cc(OC(=O)c3ccc(C(F)(F)F)cc3)ccc21. The van der Waals surface area contributed by atoms with Crippen LogP contribution in [0.4, 0.5) is 13.2 Å². The number of carbonyl (C=O) groups is 1. The second-order valence-electron chi connectivity index (χ2n) is 4.97. The van der Waals surface area contributed by atoms with Gasteiger partial charge in [0.05, 0.1) is 28.5 Å². The summed E-state index contributed by atoms with van der Waals surface area (Å²) < 4.78 is 44.5. The summed E-state index contributed by atoms with van der Waals surface area (Å²) in [6.45, 7) is 0. The van der Waals surface area contributed by atoms with Gasteiger partial charge in [-0.2, -0.15) is 13.2 Å². The molecule has 0 aliphatic carbocycles. The van der Waals surface area contributed by atoms with Crippen molar-refractivity contribution in [3.8, 4) is 5.75 Å². The minimum atomic E-state index is -4.44. The summed E-state index contributed by atoms with van der Waals surface area (Å²) in [6, 6.07) is 8.81. The molecule has 0 aliphatic rings. The molecule has 0 saturated carbocycles. The lowest BCUT2D eigenvalue weighted by Crippen LogP contribution is -2.10. The van der Waals surface area contributed by atoms with Crippen LogP contribution in [-0.2, 0) is 13.2 Å². The number of halogens is 3. The Balaban J connectivity index is 1.80. The van der Waals surface area contributed by atoms with E-state index in [9.17, 15) is 18.0 Å². The second kappa shape index (κ2) is 5.42. The molecule has 0 unspecified atom stereocenters. The van der Waals surface area contributed by atoms with Crippen LogP contribution in [0.25, 0.3) is 11.0 Å². The van der Waals surface area contributed by atoms with Crippen molar-refractivity contribution in [3.63, 3.8) is 0 Å². The van der Waals surface area contributed by atoms with Gasteiger partial charge in [0, 0.05) is 13.1 Å². The highest BCUT2D eigenvalue weighted by Crippen LogP contribution is 2.29. The van der Waals surface area contributed by atoms with Crippen molar-refractivity contribution in [2.75, 3.05) is 0 Å². The quantitative estimate of drug-likeness (QED) is 0.533. The summed E-state index contributed by atoms with van der Waals surface area (Å²) >= 11 is 0. The second-order valence-corrected chi connectivity index (χ2v) is 4.97. The molecular formula is C16H11F3N2O2. The van der Waals surface area contributed by atoms with Crippen molar-refractivity contribution < 1.29 is 22.7 Å². The highest BCUT2D eigenvalue weighted by Gasteiger charge is 2.30. The van der Waals surface area contributed by atoms with E-state index in [-0.39, 0.29) is 11.3 Å². The maximum Gasteiger partial charge on any atom is 0.416 e. The molecule has 7 heteroatoms. The lowest BCUT2D eigenvalue weighted by atomic mass is 10.1. The number of alkyl halides is 3. The van der Waals surface area contributed by atoms with E-state index < -0.39 is 17.7 Å². The topological polar surface area (TPSA) is 44.1 Å². The van der Waals surface area contributed by atoms with Crippen LogP contribution in [-0.4, -0.2) is 15.5 Å². The molecule has 2 aromatic carbocycles. The third-order valence-electron chi connectivity index (χ3n) is 3.36. The monoisotopic (exact) mass is 320 g/mol. The van der Waals surface area contributed by atoms with Gasteiger partial charge in [-0.25, -0.2) is 9.78 Å². The Kier molecular flexibility index (Phi) is 3.55. The first-order valence-corrected chi connectivity index (χ1v) is 6.65. The van der Waals surface area contributed by atoms with E-state index in [1.165, 1.54) is 0 Å². The van der Waals surface area contributed by atoms with Crippen molar-refractivity contribution >= 4 is 17.0 Å². The van der Waals surface area contributed by atoms with Crippen molar-refractivity contribution in [1.29, 1.82) is 0 Å². The molecule has 0 saturated heterocycles. The third kappa shape index (κ3) is 3.03. The molecule has 0 radical (unpaired) electrons. The van der Waals surface area contributed by atoms with E-state index in [2.05, 4.69) is 4.98 Å². The number of nitrogens with zero attached hydrogens (tertiary/aromatic N) is 2. The zero-order valence-electron chi connectivity index (χ0n) is 12.0. The first-order chi connectivity index (χ1) is 10.8. The molecule has 0 fully saturated rings. The number of fused-ring (bicyclic) bond motifs is 1. The van der Waals surface area contributed by atoms with Crippen LogP contribution >= 0.6 is 0 Å². The summed E-state index contributed by atoms with van der Waals surface area (Å²) in [7, 11) is 1.84. The number of aromatic nitrogens is 2. The van der Waals surface area contributed by atoms with E-state index in [0.29, 0.717) is 5.52 Å². The van der Waals surface area contributed by atoms with Gasteiger partial charge in [-0.3, -0.25) is 0 Å². The summed E-state index contributed by atoms with van der Waals surface area (Å²) in [5.41, 5.74) is 0.757. The minimum Gasteiger partial charge on any atom is -0.423 e. The van der Waals surface area contributed by atoms with Gasteiger partial charge in [0.15, 0.2) is 0 Å². The molecule has 0 N–H and O–H groups in total. The number of hydrogen-bond donors (Lipinski definition) is 0. The van der Waals surface area contributed by atoms with Gasteiger partial charge in [-0.1, -0.05) is 0 Å². The van der Waals surface area contributed by atoms with Crippen LogP contribution < -0.4 is 4.74 Å². The Labute approximate surface area is 129 Å². The van der Waals surface area contributed by atoms with Gasteiger partial charge in [-0.15, -0.1) is 0 Å². The highest BCUT2D eigenvalue weighted by molar-refractivity contribution is 5.91. The van der Waals surface area contributed by atoms with Crippen LogP contribution in [0.3, 0.4) is 0 Å². The van der Waals surface area contributed by atoms with Gasteiger partial charge in [0.25, 0.3) is 0 Å². The first kappa shape index (κ1) is 15.1. The highest BCUT2D eigenvalue weighted by atomic mass is 19.4. The number of aryl methyl sites for hydroxylation is 1. The molecule has 118 valence electrons. The lowest BCUT2D eigenvalue weighted by molar-refractivity contribution is -0.137. The molecule has 0 amide bonds. The number of imidazole rings is 1. The molecule has 3 aromatic rings. The zero-order chi connectivity index (χ0) is 16.6. The normalized spacial score (nSPS) is 11.7. The average Bonchev–Trinajstić information content (AvgIpc) is 2.87. The fourth-order valence-electron chi connectivity index (χ4n) is 2.14. The number of carbonyl (C=O) groups excluding carboxylic acids is 1. The van der Waals surface area contributed by atoms with Gasteiger partial charge >= 0.3 is 12.1 Å². The standard InChI is InChI=1S/C16H11F3N2O2/c1-21-9-20-13-8-12(6-7-14(13)21)23-15(22)10-2-4-11(5-3-10)16(17,18)19/h2-9H,1H3. The first-order valence-electron chi connectivity index (χ1n) is 6.65. The molecule has 1 aromatic heterocycles. The molecule has 23 heavy (non-hydrogen) atoms. The largest absolute Gasteiger partial charge is 0.423 e. The van der Waals surface area contributed by atoms with Gasteiger partial charge in [0.1, 0.15) is 5.75 Å². The molecule has 4 nitrogen and oxygen atoms in total. The van der Waals surface area contributed by atoms with Crippen LogP contribution in [0.2, 0.25) is 0 Å². The smallest absolute Gasteiger partial charge is 0.416 e. The van der Waals surface area contributed by atoms with Crippen LogP contribution in [0, 0.1) is 0 Å². The zero-order valence-corrected chi connectivity index (χ0v) is 12.0. The Hall–Kier alpha value is -2.83. The Morgan fingerprint density at radius 3 is 2.48 bits per heavy atom. The number of esters is 1. The molecule has 0 bridgehead atoms. The predicted octanol–water partition coefficient (Wildman–Crippen LogP) is 3.81. The predicted molar refractivity (Wildman–Crippen MR) is 77.1 cm³/mol. The van der Waals surface area contributed by atoms with Crippen molar-refractivity contribution in [3.05, 3.63) is 59.9 Å². The Morgan fingerprint density at radius 2 is 1.83 bits per heavy atom. The number of hydrogen-bond acceptors (Lipinski definition) is 3. The van der Waals surface area contributed by atoms with E-state index in [0.717, 1.165) is 29.8 Å². The minimum absolute atomic E-state index is 0.0408. The number of rotatable bonds is 2. The van der Waals surface area contributed by atoms with Crippen molar-refractivity contribution in [2.45, 2.75) is 6.18 Å². The van der Waals surface area contributed by atoms with E-state index in [1.54, 1.807) is 24.5 Å². The summed E-state index contributed by atoms with van der Waals surface area (Å²) in [4.78, 5) is 16.1. The van der Waals surface area contributed by atoms with Gasteiger partial charge in [0.2, 0.25) is 0 Å². The fraction of sp³-hybridized carbons (Fsp3) is 0.125. The van der Waals surface area contributed by atoms with Crippen LogP contribution in [0.15, 0.2) is 48.8 Å². The van der Waals surface area contributed by atoms with Crippen molar-refractivity contribution in [1.82, 2.24) is 9.55 Å². The maximum atomic E-state index is 12.5. The van der Waals surface area contributed by atoms with E-state index in [1.807, 2.05) is 11.6 Å². The molecule has 0 aliphatic heterocycles. The lowest BCUT2D eigenvalue weighted by Gasteiger charge is -2.08. The van der Waals surface area contributed by atoms with E-state index >= 15 is 0 Å². The van der Waals surface area contributed by atoms with Crippen LogP contribution in [0.5, 0.6) is 5.75 Å². The summed E-state index contributed by atoms with van der Waals surface area (Å²) in [5.74, 6) is -0.449. The summed E-state index contributed by atoms with van der Waals surface area (Å²) in [5, 5.41) is 0. The molecule has 0 atom stereocenters. The van der Waals surface area contributed by atoms with E-state index in [4.69, 9.17) is 4.74 Å². The van der Waals surface area contributed by atoms with Gasteiger partial charge in [-0.05, 0) is 36.4 Å². The van der Waals surface area contributed by atoms with Crippen molar-refractivity contribution in [2.24, 2.45) is 7.05 Å². The molecule has 0 spiro atoms. The Morgan fingerprint density at radius 1 is 1.13 bits per heavy atom. The summed E-state index contributed by atoms with van der Waals surface area (Å²) in [6.07, 6.45) is -2.81. The maximum absolute atomic E-state index is 12.5. The molecule has 1 heterocycles. The fourth-order valence-corrected chi connectivity index (χ4v) is 2.14. The average molecular weight is 320 g/mol. The molecular weight excluding hydrogens is 309 g/mol.